The second-order valence-corrected chi connectivity index (χ2v) is 7.59. The van der Waals surface area contributed by atoms with E-state index in [2.05, 4.69) is 15.3 Å². The van der Waals surface area contributed by atoms with Crippen LogP contribution in [0.3, 0.4) is 0 Å². The molecule has 0 aliphatic rings. The fraction of sp³-hybridized carbons (Fsp3) is 0.0385. The Bertz CT molecular complexity index is 1520. The summed E-state index contributed by atoms with van der Waals surface area (Å²) in [5.74, 6) is 0.00661. The van der Waals surface area contributed by atoms with E-state index in [-0.39, 0.29) is 12.2 Å². The number of benzene rings is 3. The van der Waals surface area contributed by atoms with E-state index in [0.717, 1.165) is 33.4 Å². The van der Waals surface area contributed by atoms with Crippen LogP contribution in [0.4, 0.5) is 0 Å². The molecular formula is C26H18N6O2. The number of amides is 1. The lowest BCUT2D eigenvalue weighted by Gasteiger charge is -2.01. The highest BCUT2D eigenvalue weighted by atomic mass is 16.3. The lowest BCUT2D eigenvalue weighted by molar-refractivity contribution is -0.118. The van der Waals surface area contributed by atoms with Crippen molar-refractivity contribution in [3.63, 3.8) is 0 Å². The van der Waals surface area contributed by atoms with Gasteiger partial charge in [-0.05, 0) is 35.4 Å². The second-order valence-electron chi connectivity index (χ2n) is 7.59. The van der Waals surface area contributed by atoms with Crippen molar-refractivity contribution in [1.29, 1.82) is 5.26 Å². The van der Waals surface area contributed by atoms with Crippen LogP contribution in [0.25, 0.3) is 46.0 Å². The fourth-order valence-electron chi connectivity index (χ4n) is 3.55. The minimum atomic E-state index is -0.588. The molecule has 3 aromatic carbocycles. The van der Waals surface area contributed by atoms with Crippen molar-refractivity contribution in [1.82, 2.24) is 20.0 Å². The molecule has 5 aromatic rings. The Morgan fingerprint density at radius 1 is 0.971 bits per heavy atom. The SMILES string of the molecule is N#Cc1c(-c2ccc(C=Cc3ccc(-c4nc5ccccc5o4)cc3)cc2)nnn1CC(N)=O. The number of hydrogen-bond acceptors (Lipinski definition) is 6. The van der Waals surface area contributed by atoms with E-state index in [1.807, 2.05) is 91.0 Å². The Labute approximate surface area is 194 Å². The normalized spacial score (nSPS) is 11.1. The molecule has 0 saturated heterocycles. The van der Waals surface area contributed by atoms with Crippen molar-refractivity contribution in [2.24, 2.45) is 5.73 Å². The van der Waals surface area contributed by atoms with Crippen LogP contribution < -0.4 is 5.73 Å². The Kier molecular flexibility index (Phi) is 5.42. The molecule has 0 atom stereocenters. The molecule has 0 fully saturated rings. The van der Waals surface area contributed by atoms with Crippen molar-refractivity contribution >= 4 is 29.2 Å². The third-order valence-electron chi connectivity index (χ3n) is 5.25. The number of rotatable bonds is 6. The first-order chi connectivity index (χ1) is 16.6. The second kappa shape index (κ2) is 8.84. The first kappa shape index (κ1) is 20.8. The zero-order chi connectivity index (χ0) is 23.5. The minimum absolute atomic E-state index is 0.193. The molecule has 8 nitrogen and oxygen atoms in total. The molecular weight excluding hydrogens is 428 g/mol. The van der Waals surface area contributed by atoms with Crippen LogP contribution in [0.5, 0.6) is 0 Å². The number of fused-ring (bicyclic) bond motifs is 1. The number of nitrogens with two attached hydrogens (primary N) is 1. The van der Waals surface area contributed by atoms with Crippen molar-refractivity contribution < 1.29 is 9.21 Å². The zero-order valence-electron chi connectivity index (χ0n) is 17.9. The number of primary amides is 1. The predicted octanol–water partition coefficient (Wildman–Crippen LogP) is 4.28. The summed E-state index contributed by atoms with van der Waals surface area (Å²) in [6.07, 6.45) is 4.00. The first-order valence-electron chi connectivity index (χ1n) is 10.5. The number of nitrogens with zero attached hydrogens (tertiary/aromatic N) is 5. The van der Waals surface area contributed by atoms with Gasteiger partial charge in [0.15, 0.2) is 11.3 Å². The largest absolute Gasteiger partial charge is 0.436 e. The topological polar surface area (TPSA) is 124 Å². The van der Waals surface area contributed by atoms with Gasteiger partial charge in [-0.3, -0.25) is 4.79 Å². The average Bonchev–Trinajstić information content (AvgIpc) is 3.47. The lowest BCUT2D eigenvalue weighted by atomic mass is 10.1. The van der Waals surface area contributed by atoms with Gasteiger partial charge in [0, 0.05) is 11.1 Å². The van der Waals surface area contributed by atoms with Gasteiger partial charge in [0.05, 0.1) is 0 Å². The summed E-state index contributed by atoms with van der Waals surface area (Å²) < 4.78 is 7.03. The van der Waals surface area contributed by atoms with Gasteiger partial charge >= 0.3 is 0 Å². The highest BCUT2D eigenvalue weighted by Crippen LogP contribution is 2.25. The standard InChI is InChI=1S/C26H18N6O2/c27-15-22-25(30-31-32(22)16-24(28)33)19-11-7-17(8-12-19)5-6-18-9-13-20(14-10-18)26-29-21-3-1-2-4-23(21)34-26/h1-14H,16H2,(H2,28,33). The maximum absolute atomic E-state index is 11.2. The quantitative estimate of drug-likeness (QED) is 0.388. The van der Waals surface area contributed by atoms with Gasteiger partial charge in [0.1, 0.15) is 23.8 Å². The van der Waals surface area contributed by atoms with Crippen LogP contribution in [0.1, 0.15) is 16.8 Å². The highest BCUT2D eigenvalue weighted by Gasteiger charge is 2.15. The maximum Gasteiger partial charge on any atom is 0.239 e. The summed E-state index contributed by atoms with van der Waals surface area (Å²) in [6.45, 7) is -0.193. The lowest BCUT2D eigenvalue weighted by Crippen LogP contribution is -2.20. The van der Waals surface area contributed by atoms with Crippen LogP contribution in [0.2, 0.25) is 0 Å². The molecule has 0 saturated carbocycles. The summed E-state index contributed by atoms with van der Waals surface area (Å²) in [4.78, 5) is 15.7. The summed E-state index contributed by atoms with van der Waals surface area (Å²) in [5.41, 5.74) is 11.1. The van der Waals surface area contributed by atoms with Crippen LogP contribution in [-0.4, -0.2) is 25.9 Å². The monoisotopic (exact) mass is 446 g/mol. The molecule has 34 heavy (non-hydrogen) atoms. The van der Waals surface area contributed by atoms with Gasteiger partial charge in [-0.15, -0.1) is 5.10 Å². The molecule has 5 rings (SSSR count). The van der Waals surface area contributed by atoms with E-state index in [0.29, 0.717) is 11.6 Å². The fourth-order valence-corrected chi connectivity index (χ4v) is 3.55. The van der Waals surface area contributed by atoms with Gasteiger partial charge in [-0.2, -0.15) is 5.26 Å². The van der Waals surface area contributed by atoms with E-state index in [4.69, 9.17) is 10.2 Å². The predicted molar refractivity (Wildman–Crippen MR) is 128 cm³/mol. The molecule has 2 N–H and O–H groups in total. The first-order valence-corrected chi connectivity index (χ1v) is 10.5. The Morgan fingerprint density at radius 3 is 2.24 bits per heavy atom. The van der Waals surface area contributed by atoms with Crippen molar-refractivity contribution in [2.45, 2.75) is 6.54 Å². The molecule has 1 amide bonds. The molecule has 0 unspecified atom stereocenters. The van der Waals surface area contributed by atoms with Gasteiger partial charge in [0.25, 0.3) is 0 Å². The maximum atomic E-state index is 11.2. The van der Waals surface area contributed by atoms with Crippen molar-refractivity contribution in [3.05, 3.63) is 89.6 Å². The van der Waals surface area contributed by atoms with Gasteiger partial charge in [-0.25, -0.2) is 9.67 Å². The molecule has 164 valence electrons. The molecule has 2 heterocycles. The molecule has 0 bridgehead atoms. The van der Waals surface area contributed by atoms with Crippen molar-refractivity contribution in [3.8, 4) is 28.8 Å². The Balaban J connectivity index is 1.31. The molecule has 8 heteroatoms. The van der Waals surface area contributed by atoms with E-state index in [1.165, 1.54) is 4.68 Å². The third kappa shape index (κ3) is 4.18. The number of carbonyl (C=O) groups is 1. The van der Waals surface area contributed by atoms with E-state index >= 15 is 0 Å². The van der Waals surface area contributed by atoms with Gasteiger partial charge in [-0.1, -0.05) is 65.9 Å². The number of nitriles is 1. The van der Waals surface area contributed by atoms with Crippen LogP contribution >= 0.6 is 0 Å². The summed E-state index contributed by atoms with van der Waals surface area (Å²) in [5, 5.41) is 17.3. The molecule has 0 aliphatic heterocycles. The molecule has 2 aromatic heterocycles. The van der Waals surface area contributed by atoms with Gasteiger partial charge in [0.2, 0.25) is 11.8 Å². The third-order valence-corrected chi connectivity index (χ3v) is 5.25. The minimum Gasteiger partial charge on any atom is -0.436 e. The zero-order valence-corrected chi connectivity index (χ0v) is 17.9. The van der Waals surface area contributed by atoms with E-state index in [1.54, 1.807) is 0 Å². The van der Waals surface area contributed by atoms with Crippen LogP contribution in [-0.2, 0) is 11.3 Å². The van der Waals surface area contributed by atoms with Crippen LogP contribution in [0.15, 0.2) is 77.2 Å². The summed E-state index contributed by atoms with van der Waals surface area (Å²) in [6, 6.07) is 25.3. The number of aromatic nitrogens is 4. The van der Waals surface area contributed by atoms with Gasteiger partial charge < -0.3 is 10.2 Å². The smallest absolute Gasteiger partial charge is 0.239 e. The van der Waals surface area contributed by atoms with Crippen LogP contribution in [0, 0.1) is 11.3 Å². The number of para-hydroxylation sites is 2. The van der Waals surface area contributed by atoms with Crippen molar-refractivity contribution in [2.75, 3.05) is 0 Å². The number of hydrogen-bond donors (Lipinski definition) is 1. The summed E-state index contributed by atoms with van der Waals surface area (Å²) >= 11 is 0. The molecule has 0 aliphatic carbocycles. The Morgan fingerprint density at radius 2 is 1.62 bits per heavy atom. The van der Waals surface area contributed by atoms with E-state index < -0.39 is 5.91 Å². The number of carbonyl (C=O) groups excluding carboxylic acids is 1. The average molecular weight is 446 g/mol. The molecule has 0 radical (unpaired) electrons. The van der Waals surface area contributed by atoms with E-state index in [9.17, 15) is 10.1 Å². The molecule has 0 spiro atoms. The number of oxazole rings is 1. The summed E-state index contributed by atoms with van der Waals surface area (Å²) in [7, 11) is 0. The Hall–Kier alpha value is -5.03. The highest BCUT2D eigenvalue weighted by molar-refractivity contribution is 5.77.